The number of sulfonamides is 1. The average molecular weight is 373 g/mol. The van der Waals surface area contributed by atoms with Crippen molar-refractivity contribution >= 4 is 22.4 Å². The van der Waals surface area contributed by atoms with Gasteiger partial charge in [0.15, 0.2) is 0 Å². The van der Waals surface area contributed by atoms with Crippen molar-refractivity contribution < 1.29 is 13.2 Å². The molecule has 1 aromatic carbocycles. The Kier molecular flexibility index (Phi) is 5.87. The molecule has 1 aliphatic heterocycles. The maximum atomic E-state index is 13.2. The van der Waals surface area contributed by atoms with Crippen LogP contribution in [0.4, 0.5) is 0 Å². The van der Waals surface area contributed by atoms with E-state index in [1.54, 1.807) is 30.5 Å². The van der Waals surface area contributed by atoms with E-state index in [0.29, 0.717) is 25.4 Å². The van der Waals surface area contributed by atoms with Crippen LogP contribution in [0, 0.1) is 0 Å². The van der Waals surface area contributed by atoms with Crippen molar-refractivity contribution in [2.75, 3.05) is 26.7 Å². The molecule has 0 aliphatic carbocycles. The molecule has 1 N–H and O–H groups in total. The summed E-state index contributed by atoms with van der Waals surface area (Å²) in [6.07, 6.45) is 3.50. The van der Waals surface area contributed by atoms with Crippen molar-refractivity contribution in [1.29, 1.82) is 0 Å². The molecular formula is C15H21ClN4O3S. The van der Waals surface area contributed by atoms with E-state index < -0.39 is 10.0 Å². The van der Waals surface area contributed by atoms with E-state index in [2.05, 4.69) is 10.3 Å². The summed E-state index contributed by atoms with van der Waals surface area (Å²) >= 11 is 0. The van der Waals surface area contributed by atoms with Gasteiger partial charge in [-0.15, -0.1) is 12.4 Å². The van der Waals surface area contributed by atoms with Gasteiger partial charge in [0.25, 0.3) is 0 Å². The number of ether oxygens (including phenoxy) is 1. The zero-order chi connectivity index (χ0) is 16.4. The first-order valence-corrected chi connectivity index (χ1v) is 8.82. The molecule has 2 heterocycles. The molecule has 1 fully saturated rings. The first-order chi connectivity index (χ1) is 11.1. The number of aryl methyl sites for hydroxylation is 1. The van der Waals surface area contributed by atoms with Crippen LogP contribution in [0.1, 0.15) is 11.9 Å². The summed E-state index contributed by atoms with van der Waals surface area (Å²) < 4.78 is 34.9. The van der Waals surface area contributed by atoms with E-state index in [1.807, 2.05) is 17.8 Å². The van der Waals surface area contributed by atoms with Crippen LogP contribution in [0.3, 0.4) is 0 Å². The molecule has 0 amide bonds. The first-order valence-electron chi connectivity index (χ1n) is 7.38. The predicted molar refractivity (Wildman–Crippen MR) is 93.0 cm³/mol. The Bertz CT molecular complexity index is 794. The van der Waals surface area contributed by atoms with Gasteiger partial charge >= 0.3 is 0 Å². The number of piperazine rings is 1. The van der Waals surface area contributed by atoms with Crippen LogP contribution in [-0.2, 0) is 17.1 Å². The van der Waals surface area contributed by atoms with E-state index in [0.717, 1.165) is 5.82 Å². The zero-order valence-corrected chi connectivity index (χ0v) is 15.2. The molecule has 1 aromatic heterocycles. The smallest absolute Gasteiger partial charge is 0.247 e. The standard InChI is InChI=1S/C15H20N4O3S.ClH/c1-18-9-8-17-15(18)12-11-16-7-10-19(12)23(20,21)14-6-4-3-5-13(14)22-2;/h3-6,8-9,12,16H,7,10-11H2,1-2H3;1H. The summed E-state index contributed by atoms with van der Waals surface area (Å²) in [5.74, 6) is 1.07. The number of rotatable bonds is 4. The topological polar surface area (TPSA) is 76.5 Å². The third-order valence-electron chi connectivity index (χ3n) is 4.01. The van der Waals surface area contributed by atoms with Gasteiger partial charge < -0.3 is 14.6 Å². The molecular weight excluding hydrogens is 352 g/mol. The van der Waals surface area contributed by atoms with Crippen LogP contribution >= 0.6 is 12.4 Å². The predicted octanol–water partition coefficient (Wildman–Crippen LogP) is 1.19. The van der Waals surface area contributed by atoms with Crippen LogP contribution in [-0.4, -0.2) is 49.0 Å². The molecule has 1 aliphatic rings. The Hall–Kier alpha value is -1.61. The zero-order valence-electron chi connectivity index (χ0n) is 13.5. The summed E-state index contributed by atoms with van der Waals surface area (Å²) in [5, 5.41) is 3.24. The van der Waals surface area contributed by atoms with Gasteiger partial charge in [-0.2, -0.15) is 4.31 Å². The minimum atomic E-state index is -3.68. The van der Waals surface area contributed by atoms with Gasteiger partial charge in [0.05, 0.1) is 13.2 Å². The SMILES string of the molecule is COc1ccccc1S(=O)(=O)N1CCNCC1c1nccn1C.Cl. The molecule has 7 nitrogen and oxygen atoms in total. The Morgan fingerprint density at radius 3 is 2.75 bits per heavy atom. The fourth-order valence-electron chi connectivity index (χ4n) is 2.85. The summed E-state index contributed by atoms with van der Waals surface area (Å²) in [6.45, 7) is 1.52. The van der Waals surface area contributed by atoms with Gasteiger partial charge in [-0.05, 0) is 12.1 Å². The number of hydrogen-bond donors (Lipinski definition) is 1. The van der Waals surface area contributed by atoms with E-state index in [-0.39, 0.29) is 23.3 Å². The number of para-hydroxylation sites is 1. The number of nitrogens with zero attached hydrogens (tertiary/aromatic N) is 3. The van der Waals surface area contributed by atoms with Crippen molar-refractivity contribution in [2.24, 2.45) is 7.05 Å². The molecule has 0 saturated carbocycles. The highest BCUT2D eigenvalue weighted by atomic mass is 35.5. The van der Waals surface area contributed by atoms with Gasteiger partial charge in [0.1, 0.15) is 16.5 Å². The van der Waals surface area contributed by atoms with Gasteiger partial charge in [0, 0.05) is 39.1 Å². The molecule has 0 bridgehead atoms. The molecule has 1 atom stereocenters. The summed E-state index contributed by atoms with van der Waals surface area (Å²) in [6, 6.07) is 6.34. The molecule has 1 saturated heterocycles. The third kappa shape index (κ3) is 3.27. The number of methoxy groups -OCH3 is 1. The fraction of sp³-hybridized carbons (Fsp3) is 0.400. The number of hydrogen-bond acceptors (Lipinski definition) is 5. The highest BCUT2D eigenvalue weighted by Gasteiger charge is 2.37. The minimum Gasteiger partial charge on any atom is -0.495 e. The number of nitrogens with one attached hydrogen (secondary N) is 1. The molecule has 9 heteroatoms. The molecule has 2 aromatic rings. The summed E-state index contributed by atoms with van der Waals surface area (Å²) in [4.78, 5) is 4.51. The van der Waals surface area contributed by atoms with Gasteiger partial charge in [-0.3, -0.25) is 0 Å². The van der Waals surface area contributed by atoms with Crippen LogP contribution in [0.5, 0.6) is 5.75 Å². The monoisotopic (exact) mass is 372 g/mol. The maximum Gasteiger partial charge on any atom is 0.247 e. The largest absolute Gasteiger partial charge is 0.495 e. The average Bonchev–Trinajstić information content (AvgIpc) is 3.00. The maximum absolute atomic E-state index is 13.2. The quantitative estimate of drug-likeness (QED) is 0.872. The molecule has 24 heavy (non-hydrogen) atoms. The Balaban J connectivity index is 0.00000208. The Morgan fingerprint density at radius 2 is 2.08 bits per heavy atom. The van der Waals surface area contributed by atoms with E-state index >= 15 is 0 Å². The van der Waals surface area contributed by atoms with E-state index in [4.69, 9.17) is 4.74 Å². The Morgan fingerprint density at radius 1 is 1.33 bits per heavy atom. The van der Waals surface area contributed by atoms with Gasteiger partial charge in [0.2, 0.25) is 10.0 Å². The second-order valence-electron chi connectivity index (χ2n) is 5.38. The lowest BCUT2D eigenvalue weighted by Crippen LogP contribution is -2.49. The van der Waals surface area contributed by atoms with E-state index in [9.17, 15) is 8.42 Å². The lowest BCUT2D eigenvalue weighted by molar-refractivity contribution is 0.257. The molecule has 0 spiro atoms. The lowest BCUT2D eigenvalue weighted by atomic mass is 10.2. The third-order valence-corrected chi connectivity index (χ3v) is 5.95. The van der Waals surface area contributed by atoms with Crippen molar-refractivity contribution in [3.63, 3.8) is 0 Å². The minimum absolute atomic E-state index is 0. The second-order valence-corrected chi connectivity index (χ2v) is 7.24. The summed E-state index contributed by atoms with van der Waals surface area (Å²) in [5.41, 5.74) is 0. The Labute approximate surface area is 148 Å². The summed E-state index contributed by atoms with van der Waals surface area (Å²) in [7, 11) is -0.341. The van der Waals surface area contributed by atoms with Crippen molar-refractivity contribution in [1.82, 2.24) is 19.2 Å². The van der Waals surface area contributed by atoms with Crippen LogP contribution in [0.2, 0.25) is 0 Å². The molecule has 3 rings (SSSR count). The van der Waals surface area contributed by atoms with Gasteiger partial charge in [-0.1, -0.05) is 12.1 Å². The molecule has 1 unspecified atom stereocenters. The highest BCUT2D eigenvalue weighted by molar-refractivity contribution is 7.89. The number of halogens is 1. The van der Waals surface area contributed by atoms with Gasteiger partial charge in [-0.25, -0.2) is 13.4 Å². The second kappa shape index (κ2) is 7.52. The number of aromatic nitrogens is 2. The number of benzene rings is 1. The van der Waals surface area contributed by atoms with Crippen LogP contribution in [0.25, 0.3) is 0 Å². The molecule has 132 valence electrons. The van der Waals surface area contributed by atoms with Crippen molar-refractivity contribution in [3.05, 3.63) is 42.5 Å². The molecule has 0 radical (unpaired) electrons. The number of imidazole rings is 1. The van der Waals surface area contributed by atoms with Crippen LogP contribution in [0.15, 0.2) is 41.6 Å². The van der Waals surface area contributed by atoms with Crippen molar-refractivity contribution in [2.45, 2.75) is 10.9 Å². The first kappa shape index (κ1) is 18.7. The lowest BCUT2D eigenvalue weighted by Gasteiger charge is -2.34. The van der Waals surface area contributed by atoms with E-state index in [1.165, 1.54) is 11.4 Å². The van der Waals surface area contributed by atoms with Crippen LogP contribution < -0.4 is 10.1 Å². The van der Waals surface area contributed by atoms with Crippen molar-refractivity contribution in [3.8, 4) is 5.75 Å². The highest BCUT2D eigenvalue weighted by Crippen LogP contribution is 2.32. The fourth-order valence-corrected chi connectivity index (χ4v) is 4.59. The normalized spacial score (nSPS) is 18.8.